The number of nitrogens with zero attached hydrogens (tertiary/aromatic N) is 2. The minimum absolute atomic E-state index is 0.107. The summed E-state index contributed by atoms with van der Waals surface area (Å²) in [6, 6.07) is 2.71. The van der Waals surface area contributed by atoms with E-state index in [4.69, 9.17) is 0 Å². The number of fused-ring (bicyclic) bond motifs is 1. The third-order valence-electron chi connectivity index (χ3n) is 5.32. The molecule has 3 heterocycles. The number of aryl methyl sites for hydroxylation is 1. The Morgan fingerprint density at radius 3 is 2.57 bits per heavy atom. The van der Waals surface area contributed by atoms with Crippen LogP contribution in [-0.2, 0) is 17.5 Å². The molecule has 4 rings (SSSR count). The van der Waals surface area contributed by atoms with Crippen LogP contribution in [0.4, 0.5) is 17.6 Å². The van der Waals surface area contributed by atoms with E-state index in [1.807, 2.05) is 0 Å². The molecule has 0 saturated carbocycles. The van der Waals surface area contributed by atoms with Crippen molar-refractivity contribution in [2.24, 2.45) is 0 Å². The Hall–Kier alpha value is -2.68. The van der Waals surface area contributed by atoms with Gasteiger partial charge < -0.3 is 9.47 Å². The number of carbonyl (C=O) groups is 1. The maximum Gasteiger partial charge on any atom is 0.419 e. The molecule has 0 aliphatic carbocycles. The third kappa shape index (κ3) is 3.62. The van der Waals surface area contributed by atoms with Crippen molar-refractivity contribution < 1.29 is 22.4 Å². The Bertz CT molecular complexity index is 1190. The summed E-state index contributed by atoms with van der Waals surface area (Å²) in [6.45, 7) is 2.98. The van der Waals surface area contributed by atoms with Gasteiger partial charge in [0, 0.05) is 34.9 Å². The highest BCUT2D eigenvalue weighted by Gasteiger charge is 2.34. The van der Waals surface area contributed by atoms with Crippen LogP contribution >= 0.6 is 11.3 Å². The van der Waals surface area contributed by atoms with Crippen LogP contribution in [0.25, 0.3) is 21.2 Å². The van der Waals surface area contributed by atoms with Crippen molar-refractivity contribution in [3.05, 3.63) is 57.1 Å². The third-order valence-corrected chi connectivity index (χ3v) is 6.44. The number of likely N-dealkylation sites (tertiary alicyclic amines) is 1. The van der Waals surface area contributed by atoms with Crippen LogP contribution < -0.4 is 5.56 Å². The van der Waals surface area contributed by atoms with Crippen molar-refractivity contribution in [3.63, 3.8) is 0 Å². The summed E-state index contributed by atoms with van der Waals surface area (Å²) in [5.74, 6) is -1.53. The number of alkyl halides is 3. The fourth-order valence-electron chi connectivity index (χ4n) is 3.81. The average Bonchev–Trinajstić information content (AvgIpc) is 3.35. The largest absolute Gasteiger partial charge is 0.419 e. The van der Waals surface area contributed by atoms with Crippen molar-refractivity contribution in [1.29, 1.82) is 0 Å². The molecule has 1 aromatic carbocycles. The first-order valence-corrected chi connectivity index (χ1v) is 10.3. The summed E-state index contributed by atoms with van der Waals surface area (Å²) in [6.07, 6.45) is -1.38. The summed E-state index contributed by atoms with van der Waals surface area (Å²) in [5, 5.41) is 1.84. The summed E-state index contributed by atoms with van der Waals surface area (Å²) in [7, 11) is 0. The van der Waals surface area contributed by atoms with E-state index in [-0.39, 0.29) is 23.4 Å². The predicted molar refractivity (Wildman–Crippen MR) is 107 cm³/mol. The summed E-state index contributed by atoms with van der Waals surface area (Å²) < 4.78 is 55.1. The first-order chi connectivity index (χ1) is 14.2. The van der Waals surface area contributed by atoms with Gasteiger partial charge in [0.05, 0.1) is 10.9 Å². The number of rotatable bonds is 3. The number of pyridine rings is 1. The Morgan fingerprint density at radius 1 is 1.20 bits per heavy atom. The number of halogens is 4. The summed E-state index contributed by atoms with van der Waals surface area (Å²) in [5.41, 5.74) is -0.672. The van der Waals surface area contributed by atoms with Gasteiger partial charge in [-0.2, -0.15) is 13.2 Å². The molecule has 0 radical (unpaired) electrons. The zero-order chi connectivity index (χ0) is 21.6. The van der Waals surface area contributed by atoms with Gasteiger partial charge in [-0.3, -0.25) is 9.59 Å². The molecule has 1 amide bonds. The molecule has 2 aromatic heterocycles. The Kier molecular flexibility index (Phi) is 5.17. The van der Waals surface area contributed by atoms with Gasteiger partial charge in [0.15, 0.2) is 0 Å². The van der Waals surface area contributed by atoms with Gasteiger partial charge in [-0.05, 0) is 43.0 Å². The van der Waals surface area contributed by atoms with Crippen LogP contribution in [0.1, 0.15) is 24.0 Å². The predicted octanol–water partition coefficient (Wildman–Crippen LogP) is 4.82. The van der Waals surface area contributed by atoms with E-state index >= 15 is 0 Å². The van der Waals surface area contributed by atoms with Crippen LogP contribution in [0.15, 0.2) is 34.6 Å². The summed E-state index contributed by atoms with van der Waals surface area (Å²) in [4.78, 5) is 27.3. The van der Waals surface area contributed by atoms with Gasteiger partial charge in [0.2, 0.25) is 5.91 Å². The van der Waals surface area contributed by atoms with Crippen molar-refractivity contribution >= 4 is 27.3 Å². The summed E-state index contributed by atoms with van der Waals surface area (Å²) >= 11 is 1.24. The lowest BCUT2D eigenvalue weighted by Gasteiger charge is -2.16. The zero-order valence-corrected chi connectivity index (χ0v) is 16.9. The highest BCUT2D eigenvalue weighted by Crippen LogP contribution is 2.38. The molecule has 0 bridgehead atoms. The molecular weight excluding hydrogens is 420 g/mol. The highest BCUT2D eigenvalue weighted by atomic mass is 32.1. The van der Waals surface area contributed by atoms with Crippen molar-refractivity contribution in [3.8, 4) is 11.1 Å². The molecular formula is C21H18F4N2O2S. The van der Waals surface area contributed by atoms with E-state index in [0.717, 1.165) is 30.5 Å². The molecule has 9 heteroatoms. The van der Waals surface area contributed by atoms with Gasteiger partial charge in [-0.1, -0.05) is 6.07 Å². The number of hydrogen-bond acceptors (Lipinski definition) is 3. The molecule has 1 aliphatic rings. The first kappa shape index (κ1) is 20.6. The van der Waals surface area contributed by atoms with Crippen molar-refractivity contribution in [2.45, 2.75) is 32.5 Å². The quantitative estimate of drug-likeness (QED) is 0.551. The van der Waals surface area contributed by atoms with Crippen LogP contribution in [-0.4, -0.2) is 28.5 Å². The molecule has 158 valence electrons. The lowest BCUT2D eigenvalue weighted by molar-refractivity contribution is -0.140. The van der Waals surface area contributed by atoms with Crippen LogP contribution in [0.2, 0.25) is 0 Å². The Labute approximate surface area is 173 Å². The lowest BCUT2D eigenvalue weighted by Crippen LogP contribution is -2.34. The fraction of sp³-hybridized carbons (Fsp3) is 0.333. The minimum Gasteiger partial charge on any atom is -0.341 e. The monoisotopic (exact) mass is 438 g/mol. The zero-order valence-electron chi connectivity index (χ0n) is 16.1. The molecule has 30 heavy (non-hydrogen) atoms. The second-order valence-electron chi connectivity index (χ2n) is 7.38. The maximum atomic E-state index is 13.7. The second kappa shape index (κ2) is 7.54. The van der Waals surface area contributed by atoms with E-state index in [9.17, 15) is 27.2 Å². The average molecular weight is 438 g/mol. The maximum absolute atomic E-state index is 13.7. The Morgan fingerprint density at radius 2 is 1.90 bits per heavy atom. The molecule has 1 saturated heterocycles. The highest BCUT2D eigenvalue weighted by molar-refractivity contribution is 7.18. The van der Waals surface area contributed by atoms with E-state index in [1.165, 1.54) is 22.0 Å². The van der Waals surface area contributed by atoms with Gasteiger partial charge in [-0.15, -0.1) is 11.3 Å². The van der Waals surface area contributed by atoms with Crippen LogP contribution in [0, 0.1) is 12.7 Å². The van der Waals surface area contributed by atoms with E-state index in [1.54, 1.807) is 23.4 Å². The second-order valence-corrected chi connectivity index (χ2v) is 8.26. The normalized spacial score (nSPS) is 14.6. The lowest BCUT2D eigenvalue weighted by atomic mass is 10.0. The van der Waals surface area contributed by atoms with Crippen molar-refractivity contribution in [2.75, 3.05) is 13.1 Å². The molecule has 0 atom stereocenters. The number of aromatic nitrogens is 1. The number of amides is 1. The molecule has 4 nitrogen and oxygen atoms in total. The SMILES string of the molecule is Cc1cn(CC(=O)N2CCCC2)c(=O)c2c(-c3ccc(F)c(C(F)(F)F)c3)csc12. The van der Waals surface area contributed by atoms with Gasteiger partial charge in [0.1, 0.15) is 12.4 Å². The van der Waals surface area contributed by atoms with Crippen molar-refractivity contribution in [1.82, 2.24) is 9.47 Å². The number of thiophene rings is 1. The number of benzene rings is 1. The molecule has 0 spiro atoms. The Balaban J connectivity index is 1.82. The van der Waals surface area contributed by atoms with E-state index in [0.29, 0.717) is 23.4 Å². The molecule has 1 fully saturated rings. The first-order valence-electron chi connectivity index (χ1n) is 9.43. The smallest absolute Gasteiger partial charge is 0.341 e. The van der Waals surface area contributed by atoms with Gasteiger partial charge in [0.25, 0.3) is 5.56 Å². The van der Waals surface area contributed by atoms with Crippen LogP contribution in [0.5, 0.6) is 0 Å². The van der Waals surface area contributed by atoms with Gasteiger partial charge >= 0.3 is 6.18 Å². The number of carbonyl (C=O) groups excluding carboxylic acids is 1. The molecule has 0 N–H and O–H groups in total. The van der Waals surface area contributed by atoms with E-state index < -0.39 is 23.1 Å². The molecule has 3 aromatic rings. The molecule has 0 unspecified atom stereocenters. The standard InChI is InChI=1S/C21H18F4N2O2S/c1-12-9-27(10-17(28)26-6-2-3-7-26)20(29)18-14(11-30-19(12)18)13-4-5-16(22)15(8-13)21(23,24)25/h4-5,8-9,11H,2-3,6-7,10H2,1H3. The van der Waals surface area contributed by atoms with Gasteiger partial charge in [-0.25, -0.2) is 4.39 Å². The van der Waals surface area contributed by atoms with Crippen LogP contribution in [0.3, 0.4) is 0 Å². The molecule has 1 aliphatic heterocycles. The van der Waals surface area contributed by atoms with E-state index in [2.05, 4.69) is 0 Å². The topological polar surface area (TPSA) is 42.3 Å². The minimum atomic E-state index is -4.84. The fourth-order valence-corrected chi connectivity index (χ4v) is 4.85. The number of hydrogen-bond donors (Lipinski definition) is 0.